The van der Waals surface area contributed by atoms with Crippen LogP contribution in [0.4, 0.5) is 0 Å². The maximum Gasteiger partial charge on any atom is 0.0174 e. The van der Waals surface area contributed by atoms with Crippen LogP contribution in [0.2, 0.25) is 0 Å². The highest BCUT2D eigenvalue weighted by Crippen LogP contribution is 2.38. The van der Waals surface area contributed by atoms with Gasteiger partial charge in [-0.25, -0.2) is 0 Å². The summed E-state index contributed by atoms with van der Waals surface area (Å²) >= 11 is 5.92. The van der Waals surface area contributed by atoms with Gasteiger partial charge in [0.15, 0.2) is 0 Å². The van der Waals surface area contributed by atoms with Gasteiger partial charge in [0.2, 0.25) is 0 Å². The molecule has 106 valence electrons. The Morgan fingerprint density at radius 3 is 2.68 bits per heavy atom. The van der Waals surface area contributed by atoms with Crippen molar-refractivity contribution in [2.75, 3.05) is 5.75 Å². The molecule has 1 fully saturated rings. The van der Waals surface area contributed by atoms with Crippen LogP contribution in [0.15, 0.2) is 35.2 Å². The fourth-order valence-electron chi connectivity index (χ4n) is 3.14. The Morgan fingerprint density at radius 2 is 1.95 bits per heavy atom. The average molecular weight is 341 g/mol. The molecule has 2 rings (SSSR count). The van der Waals surface area contributed by atoms with Crippen LogP contribution in [0, 0.1) is 11.8 Å². The molecule has 0 N–H and O–H groups in total. The van der Waals surface area contributed by atoms with E-state index < -0.39 is 0 Å². The first-order valence-electron chi connectivity index (χ1n) is 7.61. The Bertz CT molecular complexity index is 352. The smallest absolute Gasteiger partial charge is 0.0174 e. The molecule has 3 unspecified atom stereocenters. The summed E-state index contributed by atoms with van der Waals surface area (Å²) in [7, 11) is 0. The van der Waals surface area contributed by atoms with Crippen LogP contribution in [-0.2, 0) is 0 Å². The van der Waals surface area contributed by atoms with Gasteiger partial charge < -0.3 is 0 Å². The van der Waals surface area contributed by atoms with Crippen molar-refractivity contribution in [1.82, 2.24) is 0 Å². The van der Waals surface area contributed by atoms with E-state index in [1.54, 1.807) is 0 Å². The molecule has 0 spiro atoms. The van der Waals surface area contributed by atoms with Crippen LogP contribution in [0.5, 0.6) is 0 Å². The summed E-state index contributed by atoms with van der Waals surface area (Å²) < 4.78 is 0. The number of alkyl halides is 1. The Kier molecular flexibility index (Phi) is 6.79. The minimum Gasteiger partial charge on any atom is -0.126 e. The number of benzene rings is 1. The Hall–Kier alpha value is 0.0500. The van der Waals surface area contributed by atoms with Gasteiger partial charge in [-0.2, -0.15) is 0 Å². The monoisotopic (exact) mass is 340 g/mol. The molecule has 1 aliphatic rings. The third-order valence-electron chi connectivity index (χ3n) is 4.20. The predicted octanol–water partition coefficient (Wildman–Crippen LogP) is 6.15. The van der Waals surface area contributed by atoms with Crippen molar-refractivity contribution >= 4 is 27.7 Å². The summed E-state index contributed by atoms with van der Waals surface area (Å²) in [6, 6.07) is 10.8. The van der Waals surface area contributed by atoms with Gasteiger partial charge in [-0.3, -0.25) is 0 Å². The molecule has 1 aliphatic carbocycles. The summed E-state index contributed by atoms with van der Waals surface area (Å²) in [6.07, 6.45) is 8.40. The first kappa shape index (κ1) is 15.4. The lowest BCUT2D eigenvalue weighted by Gasteiger charge is -2.33. The van der Waals surface area contributed by atoms with Crippen LogP contribution in [0.1, 0.15) is 45.4 Å². The van der Waals surface area contributed by atoms with Crippen molar-refractivity contribution in [3.63, 3.8) is 0 Å². The van der Waals surface area contributed by atoms with Gasteiger partial charge >= 0.3 is 0 Å². The van der Waals surface area contributed by atoms with Crippen LogP contribution in [0.25, 0.3) is 0 Å². The van der Waals surface area contributed by atoms with Crippen LogP contribution >= 0.6 is 27.7 Å². The summed E-state index contributed by atoms with van der Waals surface area (Å²) in [5, 5.41) is 0. The van der Waals surface area contributed by atoms with Crippen molar-refractivity contribution in [3.8, 4) is 0 Å². The second-order valence-electron chi connectivity index (χ2n) is 5.69. The predicted molar refractivity (Wildman–Crippen MR) is 90.2 cm³/mol. The van der Waals surface area contributed by atoms with E-state index in [0.717, 1.165) is 16.7 Å². The van der Waals surface area contributed by atoms with Gasteiger partial charge in [0.1, 0.15) is 0 Å². The molecule has 3 atom stereocenters. The molecule has 0 aliphatic heterocycles. The highest BCUT2D eigenvalue weighted by Gasteiger charge is 2.27. The highest BCUT2D eigenvalue weighted by atomic mass is 79.9. The molecule has 0 amide bonds. The molecular formula is C17H25BrS. The lowest BCUT2D eigenvalue weighted by Crippen LogP contribution is -2.25. The third-order valence-corrected chi connectivity index (χ3v) is 6.45. The summed E-state index contributed by atoms with van der Waals surface area (Å²) in [6.45, 7) is 2.32. The Balaban J connectivity index is 1.74. The molecule has 0 aromatic heterocycles. The minimum absolute atomic E-state index is 0.761. The largest absolute Gasteiger partial charge is 0.126 e. The molecule has 0 saturated heterocycles. The quantitative estimate of drug-likeness (QED) is 0.442. The van der Waals surface area contributed by atoms with Gasteiger partial charge in [-0.15, -0.1) is 11.8 Å². The first-order chi connectivity index (χ1) is 9.29. The number of rotatable bonds is 6. The molecule has 2 heteroatoms. The number of hydrogen-bond acceptors (Lipinski definition) is 1. The van der Waals surface area contributed by atoms with Gasteiger partial charge in [0.05, 0.1) is 0 Å². The van der Waals surface area contributed by atoms with Gasteiger partial charge in [0, 0.05) is 9.72 Å². The van der Waals surface area contributed by atoms with E-state index in [0.29, 0.717) is 0 Å². The standard InChI is InChI=1S/C17H25BrS/c1-2-6-14-9-10-17(18)15(13-14)11-12-19-16-7-4-3-5-8-16/h3-5,7-8,14-15,17H,2,6,9-13H2,1H3. The van der Waals surface area contributed by atoms with E-state index in [1.807, 2.05) is 11.8 Å². The molecule has 0 bridgehead atoms. The van der Waals surface area contributed by atoms with E-state index >= 15 is 0 Å². The number of hydrogen-bond donors (Lipinski definition) is 0. The first-order valence-corrected chi connectivity index (χ1v) is 9.51. The second-order valence-corrected chi connectivity index (χ2v) is 8.04. The summed E-state index contributed by atoms with van der Waals surface area (Å²) in [4.78, 5) is 2.17. The molecular weight excluding hydrogens is 316 g/mol. The third kappa shape index (κ3) is 5.15. The molecule has 0 nitrogen and oxygen atoms in total. The molecule has 19 heavy (non-hydrogen) atoms. The molecule has 1 saturated carbocycles. The molecule has 1 aromatic rings. The number of halogens is 1. The molecule has 0 radical (unpaired) electrons. The van der Waals surface area contributed by atoms with Gasteiger partial charge in [-0.1, -0.05) is 53.9 Å². The van der Waals surface area contributed by atoms with E-state index in [-0.39, 0.29) is 0 Å². The van der Waals surface area contributed by atoms with E-state index in [9.17, 15) is 0 Å². The topological polar surface area (TPSA) is 0 Å². The van der Waals surface area contributed by atoms with Crippen molar-refractivity contribution in [2.24, 2.45) is 11.8 Å². The summed E-state index contributed by atoms with van der Waals surface area (Å²) in [5.41, 5.74) is 0. The lowest BCUT2D eigenvalue weighted by atomic mass is 9.78. The SMILES string of the molecule is CCCC1CCC(Br)C(CCSc2ccccc2)C1. The minimum atomic E-state index is 0.761. The molecule has 0 heterocycles. The van der Waals surface area contributed by atoms with Crippen molar-refractivity contribution in [1.29, 1.82) is 0 Å². The van der Waals surface area contributed by atoms with Crippen LogP contribution in [0.3, 0.4) is 0 Å². The fourth-order valence-corrected chi connectivity index (χ4v) is 4.89. The van der Waals surface area contributed by atoms with Crippen molar-refractivity contribution < 1.29 is 0 Å². The van der Waals surface area contributed by atoms with Crippen molar-refractivity contribution in [2.45, 2.75) is 55.2 Å². The van der Waals surface area contributed by atoms with Crippen LogP contribution in [-0.4, -0.2) is 10.6 Å². The van der Waals surface area contributed by atoms with E-state index in [4.69, 9.17) is 0 Å². The Morgan fingerprint density at radius 1 is 1.16 bits per heavy atom. The van der Waals surface area contributed by atoms with E-state index in [2.05, 4.69) is 53.2 Å². The average Bonchev–Trinajstić information content (AvgIpc) is 2.44. The highest BCUT2D eigenvalue weighted by molar-refractivity contribution is 9.09. The maximum atomic E-state index is 3.91. The fraction of sp³-hybridized carbons (Fsp3) is 0.647. The Labute approximate surface area is 130 Å². The van der Waals surface area contributed by atoms with Crippen LogP contribution < -0.4 is 0 Å². The normalized spacial score (nSPS) is 27.4. The zero-order chi connectivity index (χ0) is 13.5. The lowest BCUT2D eigenvalue weighted by molar-refractivity contribution is 0.260. The van der Waals surface area contributed by atoms with Crippen molar-refractivity contribution in [3.05, 3.63) is 30.3 Å². The zero-order valence-electron chi connectivity index (χ0n) is 11.9. The zero-order valence-corrected chi connectivity index (χ0v) is 14.3. The molecule has 1 aromatic carbocycles. The van der Waals surface area contributed by atoms with Gasteiger partial charge in [0.25, 0.3) is 0 Å². The number of thioether (sulfide) groups is 1. The maximum absolute atomic E-state index is 3.91. The van der Waals surface area contributed by atoms with E-state index in [1.165, 1.54) is 49.2 Å². The summed E-state index contributed by atoms with van der Waals surface area (Å²) in [5.74, 6) is 3.14. The van der Waals surface area contributed by atoms with Gasteiger partial charge in [-0.05, 0) is 55.4 Å². The second kappa shape index (κ2) is 8.36.